The zero-order chi connectivity index (χ0) is 16.2. The number of rotatable bonds is 4. The molecule has 118 valence electrons. The van der Waals surface area contributed by atoms with Gasteiger partial charge in [-0.3, -0.25) is 14.9 Å². The number of fused-ring (bicyclic) bond motifs is 1. The lowest BCUT2D eigenvalue weighted by molar-refractivity contribution is -0.384. The van der Waals surface area contributed by atoms with E-state index in [4.69, 9.17) is 4.74 Å². The molecule has 6 nitrogen and oxygen atoms in total. The molecular formula is C17H16N2O4. The number of non-ortho nitro benzene ring substituents is 1. The van der Waals surface area contributed by atoms with Crippen molar-refractivity contribution >= 4 is 11.6 Å². The van der Waals surface area contributed by atoms with E-state index in [0.29, 0.717) is 18.7 Å². The fraction of sp³-hybridized carbons (Fsp3) is 0.235. The number of nitro benzene ring substituents is 1. The maximum Gasteiger partial charge on any atom is 0.269 e. The Labute approximate surface area is 133 Å². The SMILES string of the molecule is O=C(NCC1Cc2ccccc2CO1)c1ccc([N+](=O)[O-])cc1. The van der Waals surface area contributed by atoms with Gasteiger partial charge in [-0.1, -0.05) is 24.3 Å². The van der Waals surface area contributed by atoms with E-state index in [-0.39, 0.29) is 17.7 Å². The molecule has 1 N–H and O–H groups in total. The predicted molar refractivity (Wildman–Crippen MR) is 84.2 cm³/mol. The maximum absolute atomic E-state index is 12.1. The summed E-state index contributed by atoms with van der Waals surface area (Å²) in [6.45, 7) is 0.957. The summed E-state index contributed by atoms with van der Waals surface area (Å²) in [4.78, 5) is 22.2. The quantitative estimate of drug-likeness (QED) is 0.694. The number of hydrogen-bond acceptors (Lipinski definition) is 4. The topological polar surface area (TPSA) is 81.5 Å². The molecule has 0 saturated heterocycles. The largest absolute Gasteiger partial charge is 0.371 e. The van der Waals surface area contributed by atoms with Crippen molar-refractivity contribution in [1.29, 1.82) is 0 Å². The monoisotopic (exact) mass is 312 g/mol. The van der Waals surface area contributed by atoms with Crippen LogP contribution in [0.15, 0.2) is 48.5 Å². The molecule has 0 spiro atoms. The van der Waals surface area contributed by atoms with Crippen LogP contribution in [0.25, 0.3) is 0 Å². The minimum Gasteiger partial charge on any atom is -0.371 e. The van der Waals surface area contributed by atoms with Gasteiger partial charge in [-0.05, 0) is 23.3 Å². The molecule has 2 aromatic carbocycles. The first-order valence-electron chi connectivity index (χ1n) is 7.34. The summed E-state index contributed by atoms with van der Waals surface area (Å²) in [7, 11) is 0. The van der Waals surface area contributed by atoms with Crippen molar-refractivity contribution in [3.8, 4) is 0 Å². The average molecular weight is 312 g/mol. The highest BCUT2D eigenvalue weighted by Gasteiger charge is 2.19. The summed E-state index contributed by atoms with van der Waals surface area (Å²) < 4.78 is 5.74. The fourth-order valence-electron chi connectivity index (χ4n) is 2.58. The number of carbonyl (C=O) groups is 1. The van der Waals surface area contributed by atoms with Crippen LogP contribution >= 0.6 is 0 Å². The number of benzene rings is 2. The molecule has 0 saturated carbocycles. The van der Waals surface area contributed by atoms with Gasteiger partial charge in [0.05, 0.1) is 17.6 Å². The number of nitrogens with one attached hydrogen (secondary N) is 1. The molecule has 1 heterocycles. The van der Waals surface area contributed by atoms with Crippen LogP contribution in [-0.4, -0.2) is 23.5 Å². The van der Waals surface area contributed by atoms with Gasteiger partial charge in [0.1, 0.15) is 0 Å². The molecule has 1 atom stereocenters. The third-order valence-electron chi connectivity index (χ3n) is 3.87. The van der Waals surface area contributed by atoms with E-state index < -0.39 is 4.92 Å². The van der Waals surface area contributed by atoms with Gasteiger partial charge in [0.2, 0.25) is 0 Å². The van der Waals surface area contributed by atoms with Gasteiger partial charge in [-0.15, -0.1) is 0 Å². The molecule has 3 rings (SSSR count). The highest BCUT2D eigenvalue weighted by atomic mass is 16.6. The van der Waals surface area contributed by atoms with Crippen molar-refractivity contribution in [3.05, 3.63) is 75.3 Å². The second kappa shape index (κ2) is 6.58. The molecule has 2 aromatic rings. The Balaban J connectivity index is 1.56. The summed E-state index contributed by atoms with van der Waals surface area (Å²) in [5.74, 6) is -0.262. The molecule has 1 aliphatic heterocycles. The number of ether oxygens (including phenoxy) is 1. The van der Waals surface area contributed by atoms with Crippen LogP contribution in [0, 0.1) is 10.1 Å². The molecule has 1 unspecified atom stereocenters. The van der Waals surface area contributed by atoms with E-state index in [1.807, 2.05) is 18.2 Å². The zero-order valence-electron chi connectivity index (χ0n) is 12.4. The second-order valence-corrected chi connectivity index (χ2v) is 5.42. The Morgan fingerprint density at radius 2 is 1.87 bits per heavy atom. The summed E-state index contributed by atoms with van der Waals surface area (Å²) in [6, 6.07) is 13.6. The first kappa shape index (κ1) is 15.2. The summed E-state index contributed by atoms with van der Waals surface area (Å²) >= 11 is 0. The molecular weight excluding hydrogens is 296 g/mol. The van der Waals surface area contributed by atoms with Gasteiger partial charge < -0.3 is 10.1 Å². The Bertz CT molecular complexity index is 728. The molecule has 6 heteroatoms. The highest BCUT2D eigenvalue weighted by Crippen LogP contribution is 2.20. The molecule has 23 heavy (non-hydrogen) atoms. The lowest BCUT2D eigenvalue weighted by Crippen LogP contribution is -2.36. The Hall–Kier alpha value is -2.73. The Morgan fingerprint density at radius 3 is 2.57 bits per heavy atom. The molecule has 0 bridgehead atoms. The van der Waals surface area contributed by atoms with Gasteiger partial charge >= 0.3 is 0 Å². The number of amides is 1. The van der Waals surface area contributed by atoms with Gasteiger partial charge in [0.25, 0.3) is 11.6 Å². The summed E-state index contributed by atoms with van der Waals surface area (Å²) in [5, 5.41) is 13.4. The van der Waals surface area contributed by atoms with E-state index in [2.05, 4.69) is 11.4 Å². The van der Waals surface area contributed by atoms with Gasteiger partial charge in [-0.25, -0.2) is 0 Å². The molecule has 0 radical (unpaired) electrons. The number of nitro groups is 1. The second-order valence-electron chi connectivity index (χ2n) is 5.42. The van der Waals surface area contributed by atoms with Gasteiger partial charge in [-0.2, -0.15) is 0 Å². The van der Waals surface area contributed by atoms with Crippen LogP contribution in [0.4, 0.5) is 5.69 Å². The summed E-state index contributed by atoms with van der Waals surface area (Å²) in [6.07, 6.45) is 0.698. The van der Waals surface area contributed by atoms with Crippen molar-refractivity contribution in [2.24, 2.45) is 0 Å². The van der Waals surface area contributed by atoms with E-state index in [9.17, 15) is 14.9 Å². The maximum atomic E-state index is 12.1. The van der Waals surface area contributed by atoms with E-state index in [0.717, 1.165) is 6.42 Å². The van der Waals surface area contributed by atoms with Crippen molar-refractivity contribution < 1.29 is 14.5 Å². The molecule has 1 amide bonds. The smallest absolute Gasteiger partial charge is 0.269 e. The summed E-state index contributed by atoms with van der Waals surface area (Å²) in [5.41, 5.74) is 2.79. The van der Waals surface area contributed by atoms with Gasteiger partial charge in [0, 0.05) is 30.7 Å². The minimum atomic E-state index is -0.491. The molecule has 0 aromatic heterocycles. The van der Waals surface area contributed by atoms with Crippen LogP contribution in [-0.2, 0) is 17.8 Å². The fourth-order valence-corrected chi connectivity index (χ4v) is 2.58. The minimum absolute atomic E-state index is 0.0335. The van der Waals surface area contributed by atoms with Crippen LogP contribution in [0.2, 0.25) is 0 Å². The first-order chi connectivity index (χ1) is 11.1. The molecule has 1 aliphatic rings. The van der Waals surface area contributed by atoms with Crippen LogP contribution in [0.5, 0.6) is 0 Å². The lowest BCUT2D eigenvalue weighted by atomic mass is 9.99. The van der Waals surface area contributed by atoms with E-state index >= 15 is 0 Å². The predicted octanol–water partition coefficient (Wildman–Crippen LogP) is 2.47. The number of carbonyl (C=O) groups excluding carboxylic acids is 1. The standard InChI is InChI=1S/C17H16N2O4/c20-17(12-5-7-15(8-6-12)19(21)22)18-10-16-9-13-3-1-2-4-14(13)11-23-16/h1-8,16H,9-11H2,(H,18,20). The van der Waals surface area contributed by atoms with Crippen LogP contribution < -0.4 is 5.32 Å². The Kier molecular flexibility index (Phi) is 4.34. The van der Waals surface area contributed by atoms with Crippen LogP contribution in [0.3, 0.4) is 0 Å². The first-order valence-corrected chi connectivity index (χ1v) is 7.34. The van der Waals surface area contributed by atoms with E-state index in [1.165, 1.54) is 35.4 Å². The zero-order valence-corrected chi connectivity index (χ0v) is 12.4. The van der Waals surface area contributed by atoms with E-state index in [1.54, 1.807) is 0 Å². The average Bonchev–Trinajstić information content (AvgIpc) is 2.59. The highest BCUT2D eigenvalue weighted by molar-refractivity contribution is 5.94. The molecule has 0 fully saturated rings. The Morgan fingerprint density at radius 1 is 1.17 bits per heavy atom. The number of hydrogen-bond donors (Lipinski definition) is 1. The number of nitrogens with zero attached hydrogens (tertiary/aromatic N) is 1. The normalized spacial score (nSPS) is 16.4. The van der Waals surface area contributed by atoms with Crippen molar-refractivity contribution in [3.63, 3.8) is 0 Å². The third-order valence-corrected chi connectivity index (χ3v) is 3.87. The van der Waals surface area contributed by atoms with Crippen LogP contribution in [0.1, 0.15) is 21.5 Å². The lowest BCUT2D eigenvalue weighted by Gasteiger charge is -2.25. The molecule has 0 aliphatic carbocycles. The van der Waals surface area contributed by atoms with Crippen molar-refractivity contribution in [2.75, 3.05) is 6.54 Å². The van der Waals surface area contributed by atoms with Crippen molar-refractivity contribution in [1.82, 2.24) is 5.32 Å². The third kappa shape index (κ3) is 3.54. The van der Waals surface area contributed by atoms with Gasteiger partial charge in [0.15, 0.2) is 0 Å². The van der Waals surface area contributed by atoms with Crippen molar-refractivity contribution in [2.45, 2.75) is 19.1 Å².